The quantitative estimate of drug-likeness (QED) is 0.574. The lowest BCUT2D eigenvalue weighted by atomic mass is 10.1. The van der Waals surface area contributed by atoms with Gasteiger partial charge in [0.25, 0.3) is 6.10 Å². The van der Waals surface area contributed by atoms with E-state index in [1.165, 1.54) is 24.3 Å². The number of nitrogens with zero attached hydrogens (tertiary/aromatic N) is 2. The number of benzene rings is 2. The Balaban J connectivity index is 1.50. The van der Waals surface area contributed by atoms with Crippen LogP contribution in [0.1, 0.15) is 40.8 Å². The van der Waals surface area contributed by atoms with Crippen molar-refractivity contribution < 1.29 is 31.9 Å². The number of fused-ring (bicyclic) bond motifs is 1. The molecule has 0 N–H and O–H groups in total. The van der Waals surface area contributed by atoms with E-state index in [0.29, 0.717) is 19.5 Å². The molecule has 1 aliphatic heterocycles. The van der Waals surface area contributed by atoms with Crippen molar-refractivity contribution in [3.05, 3.63) is 65.5 Å². The molecule has 2 heterocycles. The molecule has 4 rings (SSSR count). The smallest absolute Gasteiger partial charge is 0.434 e. The number of rotatable bonds is 5. The number of oxazole rings is 1. The summed E-state index contributed by atoms with van der Waals surface area (Å²) < 4.78 is 50.4. The van der Waals surface area contributed by atoms with Gasteiger partial charge in [0.15, 0.2) is 5.58 Å². The molecule has 1 atom stereocenters. The van der Waals surface area contributed by atoms with Gasteiger partial charge in [0.2, 0.25) is 11.8 Å². The predicted molar refractivity (Wildman–Crippen MR) is 99.3 cm³/mol. The Morgan fingerprint density at radius 1 is 1.17 bits per heavy atom. The maximum absolute atomic E-state index is 13.5. The molecule has 1 amide bonds. The van der Waals surface area contributed by atoms with E-state index in [-0.39, 0.29) is 22.6 Å². The van der Waals surface area contributed by atoms with Gasteiger partial charge in [-0.2, -0.15) is 13.2 Å². The number of halogens is 3. The average molecular weight is 418 g/mol. The monoisotopic (exact) mass is 418 g/mol. The Bertz CT molecular complexity index is 1040. The zero-order valence-corrected chi connectivity index (χ0v) is 15.7. The average Bonchev–Trinajstić information content (AvgIpc) is 3.31. The van der Waals surface area contributed by atoms with Crippen molar-refractivity contribution in [1.29, 1.82) is 0 Å². The number of carbonyl (C=O) groups is 2. The van der Waals surface area contributed by atoms with Crippen LogP contribution in [0.25, 0.3) is 11.1 Å². The lowest BCUT2D eigenvalue weighted by Gasteiger charge is -2.18. The molecule has 1 saturated heterocycles. The summed E-state index contributed by atoms with van der Waals surface area (Å²) in [7, 11) is 0. The minimum atomic E-state index is -4.90. The Morgan fingerprint density at radius 3 is 2.53 bits per heavy atom. The zero-order chi connectivity index (χ0) is 21.3. The van der Waals surface area contributed by atoms with Crippen LogP contribution in [0.15, 0.2) is 52.9 Å². The van der Waals surface area contributed by atoms with Crippen molar-refractivity contribution in [3.63, 3.8) is 0 Å². The SMILES string of the molecule is O=C(OC(c1nc2ccccc2o1)C(F)(F)F)c1ccc(CN2CCCC2=O)cc1. The van der Waals surface area contributed by atoms with Gasteiger partial charge in [-0.1, -0.05) is 24.3 Å². The molecule has 9 heteroatoms. The molecular weight excluding hydrogens is 401 g/mol. The molecule has 2 aromatic carbocycles. The van der Waals surface area contributed by atoms with Gasteiger partial charge >= 0.3 is 12.1 Å². The number of carbonyl (C=O) groups excluding carboxylic acids is 2. The van der Waals surface area contributed by atoms with Crippen LogP contribution < -0.4 is 0 Å². The van der Waals surface area contributed by atoms with Gasteiger partial charge in [0.05, 0.1) is 5.56 Å². The van der Waals surface area contributed by atoms with E-state index in [9.17, 15) is 22.8 Å². The first-order chi connectivity index (χ1) is 14.3. The minimum Gasteiger partial charge on any atom is -0.439 e. The lowest BCUT2D eigenvalue weighted by molar-refractivity contribution is -0.213. The fraction of sp³-hybridized carbons (Fsp3) is 0.286. The molecule has 0 radical (unpaired) electrons. The molecule has 1 unspecified atom stereocenters. The normalized spacial score (nSPS) is 15.6. The molecule has 0 bridgehead atoms. The molecule has 0 spiro atoms. The van der Waals surface area contributed by atoms with Crippen LogP contribution in [-0.4, -0.2) is 34.5 Å². The summed E-state index contributed by atoms with van der Waals surface area (Å²) in [4.78, 5) is 29.5. The number of likely N-dealkylation sites (tertiary alicyclic amines) is 1. The second kappa shape index (κ2) is 7.81. The van der Waals surface area contributed by atoms with Gasteiger partial charge in [0.1, 0.15) is 5.52 Å². The van der Waals surface area contributed by atoms with E-state index in [4.69, 9.17) is 9.15 Å². The first-order valence-corrected chi connectivity index (χ1v) is 9.31. The summed E-state index contributed by atoms with van der Waals surface area (Å²) in [6, 6.07) is 12.1. The molecule has 1 fully saturated rings. The number of aromatic nitrogens is 1. The van der Waals surface area contributed by atoms with Crippen LogP contribution in [-0.2, 0) is 16.1 Å². The van der Waals surface area contributed by atoms with Crippen molar-refractivity contribution >= 4 is 23.0 Å². The van der Waals surface area contributed by atoms with E-state index in [0.717, 1.165) is 12.0 Å². The number of alkyl halides is 3. The molecular formula is C21H17F3N2O4. The maximum Gasteiger partial charge on any atom is 0.434 e. The van der Waals surface area contributed by atoms with Crippen molar-refractivity contribution in [3.8, 4) is 0 Å². The Labute approximate surface area is 169 Å². The van der Waals surface area contributed by atoms with Crippen molar-refractivity contribution in [2.45, 2.75) is 31.7 Å². The maximum atomic E-state index is 13.5. The molecule has 6 nitrogen and oxygen atoms in total. The highest BCUT2D eigenvalue weighted by atomic mass is 19.4. The van der Waals surface area contributed by atoms with Crippen LogP contribution >= 0.6 is 0 Å². The number of esters is 1. The van der Waals surface area contributed by atoms with Gasteiger partial charge in [-0.05, 0) is 36.2 Å². The predicted octanol–water partition coefficient (Wildman–Crippen LogP) is 4.41. The number of para-hydroxylation sites is 2. The highest BCUT2D eigenvalue weighted by molar-refractivity contribution is 5.89. The molecule has 0 saturated carbocycles. The van der Waals surface area contributed by atoms with E-state index in [1.54, 1.807) is 29.2 Å². The third-order valence-electron chi connectivity index (χ3n) is 4.79. The van der Waals surface area contributed by atoms with Gasteiger partial charge in [0, 0.05) is 19.5 Å². The summed E-state index contributed by atoms with van der Waals surface area (Å²) >= 11 is 0. The van der Waals surface area contributed by atoms with E-state index < -0.39 is 24.1 Å². The van der Waals surface area contributed by atoms with Gasteiger partial charge in [-0.15, -0.1) is 0 Å². The molecule has 1 aromatic heterocycles. The van der Waals surface area contributed by atoms with Crippen LogP contribution in [0.2, 0.25) is 0 Å². The molecule has 30 heavy (non-hydrogen) atoms. The number of ether oxygens (including phenoxy) is 1. The fourth-order valence-corrected chi connectivity index (χ4v) is 3.27. The van der Waals surface area contributed by atoms with Crippen LogP contribution in [0, 0.1) is 0 Å². The largest absolute Gasteiger partial charge is 0.439 e. The number of amides is 1. The van der Waals surface area contributed by atoms with E-state index in [1.807, 2.05) is 0 Å². The Hall–Kier alpha value is -3.36. The molecule has 1 aliphatic rings. The fourth-order valence-electron chi connectivity index (χ4n) is 3.27. The summed E-state index contributed by atoms with van der Waals surface area (Å²) in [5.74, 6) is -1.82. The third-order valence-corrected chi connectivity index (χ3v) is 4.79. The third kappa shape index (κ3) is 4.14. The van der Waals surface area contributed by atoms with Crippen LogP contribution in [0.3, 0.4) is 0 Å². The highest BCUT2D eigenvalue weighted by Gasteiger charge is 2.47. The molecule has 0 aliphatic carbocycles. The number of hydrogen-bond acceptors (Lipinski definition) is 5. The molecule has 3 aromatic rings. The second-order valence-corrected chi connectivity index (χ2v) is 6.96. The highest BCUT2D eigenvalue weighted by Crippen LogP contribution is 2.37. The standard InChI is InChI=1S/C21H17F3N2O4/c22-21(23,24)18(19-25-15-4-1-2-5-16(15)29-19)30-20(28)14-9-7-13(8-10-14)12-26-11-3-6-17(26)27/h1-2,4-5,7-10,18H,3,6,11-12H2. The van der Waals surface area contributed by atoms with Gasteiger partial charge in [-0.25, -0.2) is 9.78 Å². The van der Waals surface area contributed by atoms with Crippen LogP contribution in [0.4, 0.5) is 13.2 Å². The topological polar surface area (TPSA) is 72.6 Å². The summed E-state index contributed by atoms with van der Waals surface area (Å²) in [5.41, 5.74) is 1.13. The van der Waals surface area contributed by atoms with Crippen molar-refractivity contribution in [1.82, 2.24) is 9.88 Å². The summed E-state index contributed by atoms with van der Waals surface area (Å²) in [6.07, 6.45) is -6.21. The second-order valence-electron chi connectivity index (χ2n) is 6.96. The molecule has 156 valence electrons. The minimum absolute atomic E-state index is 0.0446. The van der Waals surface area contributed by atoms with Crippen LogP contribution in [0.5, 0.6) is 0 Å². The van der Waals surface area contributed by atoms with Gasteiger partial charge in [-0.3, -0.25) is 4.79 Å². The Morgan fingerprint density at radius 2 is 1.90 bits per heavy atom. The van der Waals surface area contributed by atoms with Crippen molar-refractivity contribution in [2.75, 3.05) is 6.54 Å². The van der Waals surface area contributed by atoms with E-state index in [2.05, 4.69) is 4.98 Å². The number of hydrogen-bond donors (Lipinski definition) is 0. The summed E-state index contributed by atoms with van der Waals surface area (Å²) in [5, 5.41) is 0. The van der Waals surface area contributed by atoms with Gasteiger partial charge < -0.3 is 14.1 Å². The summed E-state index contributed by atoms with van der Waals surface area (Å²) in [6.45, 7) is 1.06. The first kappa shape index (κ1) is 19.9. The Kier molecular flexibility index (Phi) is 5.19. The lowest BCUT2D eigenvalue weighted by Crippen LogP contribution is -2.26. The first-order valence-electron chi connectivity index (χ1n) is 9.31. The van der Waals surface area contributed by atoms with Crippen molar-refractivity contribution in [2.24, 2.45) is 0 Å². The zero-order valence-electron chi connectivity index (χ0n) is 15.7. The van der Waals surface area contributed by atoms with E-state index >= 15 is 0 Å².